The Morgan fingerprint density at radius 3 is 2.05 bits per heavy atom. The van der Waals surface area contributed by atoms with Crippen molar-refractivity contribution >= 4 is 5.97 Å². The van der Waals surface area contributed by atoms with Gasteiger partial charge in [0, 0.05) is 58.9 Å². The van der Waals surface area contributed by atoms with Crippen LogP contribution in [0.1, 0.15) is 6.92 Å². The zero-order valence-corrected chi connectivity index (χ0v) is 12.5. The summed E-state index contributed by atoms with van der Waals surface area (Å²) in [6.45, 7) is 12.6. The monoisotopic (exact) mass is 285 g/mol. The number of ether oxygens (including phenoxy) is 1. The van der Waals surface area contributed by atoms with E-state index in [2.05, 4.69) is 14.7 Å². The van der Waals surface area contributed by atoms with Gasteiger partial charge in [-0.1, -0.05) is 6.92 Å². The van der Waals surface area contributed by atoms with Crippen molar-refractivity contribution in [2.24, 2.45) is 5.92 Å². The molecule has 1 N–H and O–H groups in total. The molecule has 0 aliphatic carbocycles. The summed E-state index contributed by atoms with van der Waals surface area (Å²) >= 11 is 0. The lowest BCUT2D eigenvalue weighted by Gasteiger charge is -2.36. The van der Waals surface area contributed by atoms with Gasteiger partial charge in [0.2, 0.25) is 0 Å². The average Bonchev–Trinajstić information content (AvgIpc) is 2.47. The molecule has 0 aromatic carbocycles. The van der Waals surface area contributed by atoms with Crippen LogP contribution in [0.4, 0.5) is 0 Å². The first-order valence-corrected chi connectivity index (χ1v) is 7.63. The third kappa shape index (κ3) is 5.01. The molecule has 2 fully saturated rings. The van der Waals surface area contributed by atoms with E-state index < -0.39 is 5.97 Å². The summed E-state index contributed by atoms with van der Waals surface area (Å²) in [6.07, 6.45) is 0. The van der Waals surface area contributed by atoms with Crippen LogP contribution in [0.2, 0.25) is 0 Å². The molecule has 0 radical (unpaired) electrons. The molecule has 0 spiro atoms. The summed E-state index contributed by atoms with van der Waals surface area (Å²) in [6, 6.07) is 0. The van der Waals surface area contributed by atoms with Crippen LogP contribution in [0.25, 0.3) is 0 Å². The minimum Gasteiger partial charge on any atom is -0.481 e. The van der Waals surface area contributed by atoms with Crippen LogP contribution in [0.3, 0.4) is 0 Å². The summed E-state index contributed by atoms with van der Waals surface area (Å²) in [7, 11) is 0. The van der Waals surface area contributed by atoms with E-state index >= 15 is 0 Å². The van der Waals surface area contributed by atoms with E-state index in [4.69, 9.17) is 9.84 Å². The van der Waals surface area contributed by atoms with E-state index in [1.165, 1.54) is 0 Å². The van der Waals surface area contributed by atoms with Crippen molar-refractivity contribution in [2.75, 3.05) is 72.1 Å². The van der Waals surface area contributed by atoms with Crippen LogP contribution >= 0.6 is 0 Å². The highest BCUT2D eigenvalue weighted by Crippen LogP contribution is 2.06. The second kappa shape index (κ2) is 7.93. The van der Waals surface area contributed by atoms with Gasteiger partial charge in [-0.15, -0.1) is 0 Å². The maximum Gasteiger partial charge on any atom is 0.307 e. The zero-order valence-electron chi connectivity index (χ0n) is 12.5. The van der Waals surface area contributed by atoms with Gasteiger partial charge >= 0.3 is 5.97 Å². The lowest BCUT2D eigenvalue weighted by Crippen LogP contribution is -2.50. The molecule has 2 heterocycles. The molecule has 0 bridgehead atoms. The Labute approximate surface area is 121 Å². The summed E-state index contributed by atoms with van der Waals surface area (Å²) in [5, 5.41) is 8.94. The Kier molecular flexibility index (Phi) is 6.22. The number of nitrogens with zero attached hydrogens (tertiary/aromatic N) is 3. The molecule has 2 saturated heterocycles. The molecule has 20 heavy (non-hydrogen) atoms. The van der Waals surface area contributed by atoms with Gasteiger partial charge in [-0.05, 0) is 0 Å². The number of carbonyl (C=O) groups is 1. The van der Waals surface area contributed by atoms with Crippen LogP contribution in [0, 0.1) is 5.92 Å². The molecule has 2 aliphatic rings. The van der Waals surface area contributed by atoms with Gasteiger partial charge in [0.25, 0.3) is 0 Å². The van der Waals surface area contributed by atoms with E-state index in [-0.39, 0.29) is 5.92 Å². The summed E-state index contributed by atoms with van der Waals surface area (Å²) in [5.74, 6) is -0.963. The van der Waals surface area contributed by atoms with Crippen LogP contribution < -0.4 is 0 Å². The van der Waals surface area contributed by atoms with Crippen LogP contribution in [-0.2, 0) is 9.53 Å². The first-order valence-electron chi connectivity index (χ1n) is 7.63. The van der Waals surface area contributed by atoms with Crippen LogP contribution in [0.15, 0.2) is 0 Å². The number of carboxylic acid groups (broad SMARTS) is 1. The second-order valence-corrected chi connectivity index (χ2v) is 5.84. The highest BCUT2D eigenvalue weighted by Gasteiger charge is 2.21. The predicted octanol–water partition coefficient (Wildman–Crippen LogP) is -0.343. The van der Waals surface area contributed by atoms with E-state index in [0.717, 1.165) is 65.6 Å². The standard InChI is InChI=1S/C14H27N3O3/c1-13(14(18)19)12-17-6-4-15(5-7-17)2-3-16-8-10-20-11-9-16/h13H,2-12H2,1H3,(H,18,19). The maximum atomic E-state index is 10.9. The quantitative estimate of drug-likeness (QED) is 0.720. The van der Waals surface area contributed by atoms with Crippen molar-refractivity contribution in [1.82, 2.24) is 14.7 Å². The fraction of sp³-hybridized carbons (Fsp3) is 0.929. The predicted molar refractivity (Wildman–Crippen MR) is 76.9 cm³/mol. The summed E-state index contributed by atoms with van der Waals surface area (Å²) < 4.78 is 5.35. The van der Waals surface area contributed by atoms with Gasteiger partial charge < -0.3 is 9.84 Å². The van der Waals surface area contributed by atoms with Gasteiger partial charge in [0.15, 0.2) is 0 Å². The Hall–Kier alpha value is -0.690. The molecule has 1 atom stereocenters. The smallest absolute Gasteiger partial charge is 0.307 e. The number of hydrogen-bond donors (Lipinski definition) is 1. The molecule has 6 heteroatoms. The number of rotatable bonds is 6. The van der Waals surface area contributed by atoms with Crippen molar-refractivity contribution < 1.29 is 14.6 Å². The molecule has 2 aliphatic heterocycles. The topological polar surface area (TPSA) is 56.2 Å². The van der Waals surface area contributed by atoms with Crippen LogP contribution in [0.5, 0.6) is 0 Å². The van der Waals surface area contributed by atoms with Crippen molar-refractivity contribution in [2.45, 2.75) is 6.92 Å². The Morgan fingerprint density at radius 1 is 1.00 bits per heavy atom. The Bertz CT molecular complexity index is 300. The molecule has 1 unspecified atom stereocenters. The van der Waals surface area contributed by atoms with Crippen LogP contribution in [-0.4, -0.2) is 97.9 Å². The molecular formula is C14H27N3O3. The highest BCUT2D eigenvalue weighted by atomic mass is 16.5. The number of hydrogen-bond acceptors (Lipinski definition) is 5. The fourth-order valence-corrected chi connectivity index (χ4v) is 2.77. The minimum absolute atomic E-state index is 0.269. The molecule has 116 valence electrons. The third-order valence-electron chi connectivity index (χ3n) is 4.25. The second-order valence-electron chi connectivity index (χ2n) is 5.84. The van der Waals surface area contributed by atoms with E-state index in [1.807, 2.05) is 0 Å². The van der Waals surface area contributed by atoms with Crippen molar-refractivity contribution in [3.63, 3.8) is 0 Å². The van der Waals surface area contributed by atoms with Gasteiger partial charge in [0.05, 0.1) is 19.1 Å². The van der Waals surface area contributed by atoms with Gasteiger partial charge in [-0.3, -0.25) is 19.5 Å². The minimum atomic E-state index is -0.695. The molecule has 0 aromatic heterocycles. The van der Waals surface area contributed by atoms with Crippen molar-refractivity contribution in [3.8, 4) is 0 Å². The van der Waals surface area contributed by atoms with E-state index in [0.29, 0.717) is 6.54 Å². The van der Waals surface area contributed by atoms with Gasteiger partial charge in [-0.25, -0.2) is 0 Å². The average molecular weight is 285 g/mol. The largest absolute Gasteiger partial charge is 0.481 e. The maximum absolute atomic E-state index is 10.9. The lowest BCUT2D eigenvalue weighted by atomic mass is 10.1. The van der Waals surface area contributed by atoms with Gasteiger partial charge in [-0.2, -0.15) is 0 Å². The van der Waals surface area contributed by atoms with Crippen molar-refractivity contribution in [1.29, 1.82) is 0 Å². The molecule has 0 aromatic rings. The first-order chi connectivity index (χ1) is 9.65. The summed E-state index contributed by atoms with van der Waals surface area (Å²) in [4.78, 5) is 18.1. The molecule has 0 saturated carbocycles. The SMILES string of the molecule is CC(CN1CCN(CCN2CCOCC2)CC1)C(=O)O. The lowest BCUT2D eigenvalue weighted by molar-refractivity contribution is -0.141. The number of aliphatic carboxylic acids is 1. The van der Waals surface area contributed by atoms with Gasteiger partial charge in [0.1, 0.15) is 0 Å². The first kappa shape index (κ1) is 15.7. The molecule has 0 amide bonds. The normalized spacial score (nSPS) is 24.6. The summed E-state index contributed by atoms with van der Waals surface area (Å²) in [5.41, 5.74) is 0. The number of piperazine rings is 1. The molecule has 6 nitrogen and oxygen atoms in total. The molecule has 2 rings (SSSR count). The fourth-order valence-electron chi connectivity index (χ4n) is 2.77. The molecular weight excluding hydrogens is 258 g/mol. The Morgan fingerprint density at radius 2 is 1.50 bits per heavy atom. The van der Waals surface area contributed by atoms with E-state index in [9.17, 15) is 4.79 Å². The third-order valence-corrected chi connectivity index (χ3v) is 4.25. The zero-order chi connectivity index (χ0) is 14.4. The van der Waals surface area contributed by atoms with E-state index in [1.54, 1.807) is 6.92 Å². The number of carboxylic acids is 1. The number of morpholine rings is 1. The van der Waals surface area contributed by atoms with Crippen molar-refractivity contribution in [3.05, 3.63) is 0 Å². The Balaban J connectivity index is 1.60. The highest BCUT2D eigenvalue weighted by molar-refractivity contribution is 5.69.